The van der Waals surface area contributed by atoms with Crippen molar-refractivity contribution in [3.05, 3.63) is 29.3 Å². The van der Waals surface area contributed by atoms with Gasteiger partial charge in [0, 0.05) is 0 Å². The predicted octanol–water partition coefficient (Wildman–Crippen LogP) is 2.85. The number of azo groups is 1. The molecule has 0 saturated heterocycles. The summed E-state index contributed by atoms with van der Waals surface area (Å²) in [4.78, 5) is 23.1. The second-order valence-electron chi connectivity index (χ2n) is 2.55. The van der Waals surface area contributed by atoms with E-state index in [0.29, 0.717) is 10.7 Å². The van der Waals surface area contributed by atoms with Crippen LogP contribution in [-0.4, -0.2) is 12.1 Å². The predicted molar refractivity (Wildman–Crippen MR) is 49.6 cm³/mol. The van der Waals surface area contributed by atoms with Crippen molar-refractivity contribution in [3.63, 3.8) is 0 Å². The Hall–Kier alpha value is -1.75. The Kier molecular flexibility index (Phi) is 2.01. The number of hydrogen-bond donors (Lipinski definition) is 0. The van der Waals surface area contributed by atoms with Gasteiger partial charge in [0.05, 0.1) is 10.7 Å². The van der Waals surface area contributed by atoms with Crippen LogP contribution in [0.3, 0.4) is 0 Å². The van der Waals surface area contributed by atoms with E-state index in [2.05, 4.69) is 10.2 Å². The van der Waals surface area contributed by atoms with Gasteiger partial charge in [0.1, 0.15) is 0 Å². The number of carbonyl (C=O) groups excluding carboxylic acids is 2. The second kappa shape index (κ2) is 3.19. The number of imide groups is 1. The lowest BCUT2D eigenvalue weighted by atomic mass is 10.3. The average Bonchev–Trinajstić information content (AvgIpc) is 2.48. The van der Waals surface area contributed by atoms with Gasteiger partial charge in [0.25, 0.3) is 0 Å². The summed E-state index contributed by atoms with van der Waals surface area (Å²) in [7, 11) is 0. The number of hydrogen-bond acceptors (Lipinski definition) is 2. The standard InChI is InChI=1S/C8H4ClN3O2/c9-5-3-1-2-4-6(5)12-7(13)10-11-8(12)14/h1-4H. The smallest absolute Gasteiger partial charge is 0.243 e. The molecule has 1 aliphatic rings. The van der Waals surface area contributed by atoms with Gasteiger partial charge in [-0.3, -0.25) is 0 Å². The molecule has 14 heavy (non-hydrogen) atoms. The summed E-state index contributed by atoms with van der Waals surface area (Å²) >= 11 is 5.81. The molecule has 0 atom stereocenters. The third kappa shape index (κ3) is 1.27. The fraction of sp³-hybridized carbons (Fsp3) is 0. The molecule has 70 valence electrons. The van der Waals surface area contributed by atoms with Gasteiger partial charge in [-0.2, -0.15) is 0 Å². The molecule has 0 aromatic heterocycles. The van der Waals surface area contributed by atoms with E-state index in [0.717, 1.165) is 4.90 Å². The zero-order valence-corrected chi connectivity index (χ0v) is 7.60. The highest BCUT2D eigenvalue weighted by molar-refractivity contribution is 6.35. The number of amides is 4. The van der Waals surface area contributed by atoms with E-state index in [-0.39, 0.29) is 0 Å². The molecule has 2 rings (SSSR count). The molecule has 1 aromatic carbocycles. The number of anilines is 1. The van der Waals surface area contributed by atoms with Gasteiger partial charge in [-0.05, 0) is 12.1 Å². The SMILES string of the molecule is O=C1N=NC(=O)N1c1ccccc1Cl. The minimum Gasteiger partial charge on any atom is -0.243 e. The summed E-state index contributed by atoms with van der Waals surface area (Å²) in [6, 6.07) is 5.06. The van der Waals surface area contributed by atoms with E-state index >= 15 is 0 Å². The summed E-state index contributed by atoms with van der Waals surface area (Å²) in [6.45, 7) is 0. The Morgan fingerprint density at radius 2 is 1.64 bits per heavy atom. The number of nitrogens with zero attached hydrogens (tertiary/aromatic N) is 3. The van der Waals surface area contributed by atoms with Crippen LogP contribution in [0.2, 0.25) is 5.02 Å². The van der Waals surface area contributed by atoms with Gasteiger partial charge in [-0.15, -0.1) is 0 Å². The summed E-state index contributed by atoms with van der Waals surface area (Å²) in [5, 5.41) is 6.55. The zero-order valence-electron chi connectivity index (χ0n) is 6.85. The first-order chi connectivity index (χ1) is 6.70. The molecule has 1 heterocycles. The van der Waals surface area contributed by atoms with Crippen molar-refractivity contribution in [1.82, 2.24) is 0 Å². The molecular weight excluding hydrogens is 206 g/mol. The Bertz CT molecular complexity index is 426. The highest BCUT2D eigenvalue weighted by atomic mass is 35.5. The number of rotatable bonds is 1. The lowest BCUT2D eigenvalue weighted by Gasteiger charge is -2.11. The molecule has 0 bridgehead atoms. The van der Waals surface area contributed by atoms with Crippen LogP contribution in [-0.2, 0) is 0 Å². The molecule has 4 amide bonds. The van der Waals surface area contributed by atoms with E-state index in [1.54, 1.807) is 24.3 Å². The van der Waals surface area contributed by atoms with Gasteiger partial charge in [-0.1, -0.05) is 34.0 Å². The quantitative estimate of drug-likeness (QED) is 0.714. The normalized spacial score (nSPS) is 15.4. The average molecular weight is 210 g/mol. The summed E-state index contributed by atoms with van der Waals surface area (Å²) in [5.74, 6) is 0. The molecule has 0 unspecified atom stereocenters. The third-order valence-electron chi connectivity index (χ3n) is 1.70. The van der Waals surface area contributed by atoms with Crippen LogP contribution < -0.4 is 4.90 Å². The molecule has 0 saturated carbocycles. The van der Waals surface area contributed by atoms with Gasteiger partial charge in [0.15, 0.2) is 0 Å². The first kappa shape index (κ1) is 8.83. The molecule has 1 aliphatic heterocycles. The van der Waals surface area contributed by atoms with Gasteiger partial charge >= 0.3 is 12.1 Å². The topological polar surface area (TPSA) is 62.1 Å². The molecule has 5 nitrogen and oxygen atoms in total. The van der Waals surface area contributed by atoms with Crippen LogP contribution in [0.15, 0.2) is 34.5 Å². The minimum absolute atomic E-state index is 0.300. The highest BCUT2D eigenvalue weighted by Gasteiger charge is 2.30. The number of halogens is 1. The van der Waals surface area contributed by atoms with Crippen molar-refractivity contribution in [2.24, 2.45) is 10.2 Å². The van der Waals surface area contributed by atoms with Crippen molar-refractivity contribution >= 4 is 29.4 Å². The lowest BCUT2D eigenvalue weighted by Crippen LogP contribution is -2.27. The van der Waals surface area contributed by atoms with Crippen LogP contribution in [0.5, 0.6) is 0 Å². The summed E-state index contributed by atoms with van der Waals surface area (Å²) in [5.41, 5.74) is 0.300. The molecule has 6 heteroatoms. The van der Waals surface area contributed by atoms with Crippen molar-refractivity contribution in [2.45, 2.75) is 0 Å². The summed E-state index contributed by atoms with van der Waals surface area (Å²) < 4.78 is 0. The third-order valence-corrected chi connectivity index (χ3v) is 2.02. The molecule has 0 spiro atoms. The monoisotopic (exact) mass is 209 g/mol. The lowest BCUT2D eigenvalue weighted by molar-refractivity contribution is 0.249. The molecule has 0 radical (unpaired) electrons. The van der Waals surface area contributed by atoms with E-state index in [4.69, 9.17) is 11.6 Å². The fourth-order valence-electron chi connectivity index (χ4n) is 1.10. The summed E-state index contributed by atoms with van der Waals surface area (Å²) in [6.07, 6.45) is 0. The maximum Gasteiger partial charge on any atom is 0.375 e. The van der Waals surface area contributed by atoms with Crippen LogP contribution in [0.1, 0.15) is 0 Å². The number of urea groups is 2. The number of carbonyl (C=O) groups is 2. The van der Waals surface area contributed by atoms with Crippen LogP contribution in [0.4, 0.5) is 15.3 Å². The van der Waals surface area contributed by atoms with Gasteiger partial charge < -0.3 is 0 Å². The van der Waals surface area contributed by atoms with Gasteiger partial charge in [-0.25, -0.2) is 14.5 Å². The highest BCUT2D eigenvalue weighted by Crippen LogP contribution is 2.28. The van der Waals surface area contributed by atoms with Crippen LogP contribution in [0.25, 0.3) is 0 Å². The molecule has 0 fully saturated rings. The Balaban J connectivity index is 2.46. The van der Waals surface area contributed by atoms with E-state index < -0.39 is 12.1 Å². The van der Waals surface area contributed by atoms with Crippen molar-refractivity contribution in [1.29, 1.82) is 0 Å². The molecular formula is C8H4ClN3O2. The van der Waals surface area contributed by atoms with Crippen molar-refractivity contribution in [3.8, 4) is 0 Å². The molecule has 1 aromatic rings. The first-order valence-corrected chi connectivity index (χ1v) is 4.12. The maximum absolute atomic E-state index is 11.1. The van der Waals surface area contributed by atoms with Crippen LogP contribution in [0, 0.1) is 0 Å². The second-order valence-corrected chi connectivity index (χ2v) is 2.96. The van der Waals surface area contributed by atoms with E-state index in [9.17, 15) is 9.59 Å². The largest absolute Gasteiger partial charge is 0.375 e. The van der Waals surface area contributed by atoms with Gasteiger partial charge in [0.2, 0.25) is 0 Å². The number of benzene rings is 1. The first-order valence-electron chi connectivity index (χ1n) is 3.74. The number of para-hydroxylation sites is 1. The molecule has 0 N–H and O–H groups in total. The van der Waals surface area contributed by atoms with Crippen molar-refractivity contribution < 1.29 is 9.59 Å². The van der Waals surface area contributed by atoms with Crippen LogP contribution >= 0.6 is 11.6 Å². The maximum atomic E-state index is 11.1. The van der Waals surface area contributed by atoms with Crippen molar-refractivity contribution in [2.75, 3.05) is 4.90 Å². The Morgan fingerprint density at radius 3 is 2.21 bits per heavy atom. The Labute approximate surface area is 84.0 Å². The Morgan fingerprint density at radius 1 is 1.07 bits per heavy atom. The zero-order chi connectivity index (χ0) is 10.1. The minimum atomic E-state index is -0.719. The fourth-order valence-corrected chi connectivity index (χ4v) is 1.32. The van der Waals surface area contributed by atoms with E-state index in [1.165, 1.54) is 0 Å². The molecule has 0 aliphatic carbocycles. The van der Waals surface area contributed by atoms with E-state index in [1.807, 2.05) is 0 Å².